The number of allylic oxidation sites excluding steroid dienone is 2. The highest BCUT2D eigenvalue weighted by molar-refractivity contribution is 5.74. The number of nitrogens with one attached hydrogen (secondary N) is 1. The Morgan fingerprint density at radius 1 is 1.19 bits per heavy atom. The average Bonchev–Trinajstić information content (AvgIpc) is 3.20. The van der Waals surface area contributed by atoms with Crippen molar-refractivity contribution in [1.29, 1.82) is 0 Å². The molecule has 2 amide bonds. The smallest absolute Gasteiger partial charge is 0.317 e. The molecule has 0 unspecified atom stereocenters. The summed E-state index contributed by atoms with van der Waals surface area (Å²) < 4.78 is 0. The highest BCUT2D eigenvalue weighted by atomic mass is 16.2. The van der Waals surface area contributed by atoms with E-state index in [4.69, 9.17) is 0 Å². The molecule has 5 nitrogen and oxygen atoms in total. The Hall–Kier alpha value is -1.88. The Balaban J connectivity index is 1.18. The van der Waals surface area contributed by atoms with E-state index in [9.17, 15) is 4.79 Å². The van der Waals surface area contributed by atoms with Crippen LogP contribution in [0.2, 0.25) is 0 Å². The topological polar surface area (TPSA) is 48.5 Å². The Kier molecular flexibility index (Phi) is 5.54. The van der Waals surface area contributed by atoms with Crippen LogP contribution < -0.4 is 5.32 Å². The van der Waals surface area contributed by atoms with Crippen LogP contribution in [-0.4, -0.2) is 53.5 Å². The third-order valence-electron chi connectivity index (χ3n) is 6.21. The molecule has 2 heterocycles. The van der Waals surface area contributed by atoms with Crippen molar-refractivity contribution in [2.24, 2.45) is 17.8 Å². The van der Waals surface area contributed by atoms with Crippen LogP contribution in [-0.2, 0) is 6.54 Å². The van der Waals surface area contributed by atoms with Crippen molar-refractivity contribution in [3.63, 3.8) is 0 Å². The van der Waals surface area contributed by atoms with Gasteiger partial charge < -0.3 is 10.2 Å². The van der Waals surface area contributed by atoms with Crippen LogP contribution in [0.25, 0.3) is 0 Å². The van der Waals surface area contributed by atoms with Crippen molar-refractivity contribution in [3.05, 3.63) is 42.2 Å². The molecule has 1 aliphatic heterocycles. The Morgan fingerprint density at radius 3 is 2.92 bits per heavy atom. The van der Waals surface area contributed by atoms with Crippen molar-refractivity contribution < 1.29 is 4.79 Å². The second kappa shape index (κ2) is 8.21. The molecule has 3 aliphatic rings. The number of carbonyl (C=O) groups is 1. The first-order valence-corrected chi connectivity index (χ1v) is 10.1. The van der Waals surface area contributed by atoms with E-state index in [-0.39, 0.29) is 6.03 Å². The number of rotatable bonds is 5. The molecule has 140 valence electrons. The number of urea groups is 1. The Bertz CT molecular complexity index is 632. The molecule has 1 aromatic heterocycles. The number of aromatic nitrogens is 1. The molecular formula is C21H30N4O. The van der Waals surface area contributed by atoms with Gasteiger partial charge in [-0.3, -0.25) is 9.88 Å². The number of pyridine rings is 1. The van der Waals surface area contributed by atoms with Crippen LogP contribution in [0.5, 0.6) is 0 Å². The summed E-state index contributed by atoms with van der Waals surface area (Å²) >= 11 is 0. The number of hydrogen-bond donors (Lipinski definition) is 1. The quantitative estimate of drug-likeness (QED) is 0.827. The molecule has 2 fully saturated rings. The van der Waals surface area contributed by atoms with Crippen LogP contribution in [0.15, 0.2) is 36.7 Å². The summed E-state index contributed by atoms with van der Waals surface area (Å²) in [5.41, 5.74) is 1.24. The van der Waals surface area contributed by atoms with Gasteiger partial charge in [0.25, 0.3) is 0 Å². The van der Waals surface area contributed by atoms with Crippen molar-refractivity contribution in [2.75, 3.05) is 32.7 Å². The number of fused-ring (bicyclic) bond motifs is 2. The highest BCUT2D eigenvalue weighted by Crippen LogP contribution is 2.44. The van der Waals surface area contributed by atoms with E-state index in [1.165, 1.54) is 18.4 Å². The van der Waals surface area contributed by atoms with Crippen molar-refractivity contribution >= 4 is 6.03 Å². The van der Waals surface area contributed by atoms with E-state index in [2.05, 4.69) is 33.4 Å². The largest absolute Gasteiger partial charge is 0.338 e. The van der Waals surface area contributed by atoms with E-state index in [0.717, 1.165) is 69.9 Å². The van der Waals surface area contributed by atoms with Crippen LogP contribution in [0.1, 0.15) is 31.2 Å². The summed E-state index contributed by atoms with van der Waals surface area (Å²) in [7, 11) is 0. The normalized spacial score (nSPS) is 28.3. The number of carbonyl (C=O) groups excluding carboxylic acids is 1. The van der Waals surface area contributed by atoms with Gasteiger partial charge in [-0.05, 0) is 55.1 Å². The number of nitrogens with zero attached hydrogens (tertiary/aromatic N) is 3. The maximum Gasteiger partial charge on any atom is 0.317 e. The first-order chi connectivity index (χ1) is 12.8. The molecule has 2 aliphatic carbocycles. The van der Waals surface area contributed by atoms with E-state index >= 15 is 0 Å². The molecule has 3 atom stereocenters. The summed E-state index contributed by atoms with van der Waals surface area (Å²) in [5.74, 6) is 2.37. The fraction of sp³-hybridized carbons (Fsp3) is 0.619. The third-order valence-corrected chi connectivity index (χ3v) is 6.21. The molecule has 2 bridgehead atoms. The van der Waals surface area contributed by atoms with Crippen LogP contribution in [0.3, 0.4) is 0 Å². The standard InChI is InChI=1S/C21H30N4O/c26-21(23-8-6-20-14-17-4-5-19(20)13-17)25-10-2-9-24(11-12-25)16-18-3-1-7-22-15-18/h1,3-5,7,15,17,19-20H,2,6,8-14,16H2,(H,23,26)/t17-,19+,20-/m1/s1. The Labute approximate surface area is 156 Å². The van der Waals surface area contributed by atoms with Crippen LogP contribution in [0.4, 0.5) is 4.79 Å². The Morgan fingerprint density at radius 2 is 2.15 bits per heavy atom. The van der Waals surface area contributed by atoms with E-state index in [1.807, 2.05) is 23.4 Å². The lowest BCUT2D eigenvalue weighted by Crippen LogP contribution is -2.42. The fourth-order valence-electron chi connectivity index (χ4n) is 4.78. The zero-order valence-electron chi connectivity index (χ0n) is 15.5. The third kappa shape index (κ3) is 4.26. The zero-order valence-corrected chi connectivity index (χ0v) is 15.5. The van der Waals surface area contributed by atoms with Gasteiger partial charge in [0, 0.05) is 51.7 Å². The van der Waals surface area contributed by atoms with Crippen LogP contribution >= 0.6 is 0 Å². The van der Waals surface area contributed by atoms with Gasteiger partial charge in [-0.1, -0.05) is 18.2 Å². The fourth-order valence-corrected chi connectivity index (χ4v) is 4.78. The van der Waals surface area contributed by atoms with Gasteiger partial charge in [0.1, 0.15) is 0 Å². The summed E-state index contributed by atoms with van der Waals surface area (Å²) in [5, 5.41) is 3.17. The van der Waals surface area contributed by atoms with Gasteiger partial charge >= 0.3 is 6.03 Å². The van der Waals surface area contributed by atoms with Gasteiger partial charge in [0.05, 0.1) is 0 Å². The molecule has 1 aromatic rings. The first kappa shape index (κ1) is 17.5. The van der Waals surface area contributed by atoms with Gasteiger partial charge in [0.2, 0.25) is 0 Å². The summed E-state index contributed by atoms with van der Waals surface area (Å²) in [4.78, 5) is 21.1. The van der Waals surface area contributed by atoms with E-state index in [0.29, 0.717) is 0 Å². The molecule has 26 heavy (non-hydrogen) atoms. The summed E-state index contributed by atoms with van der Waals surface area (Å²) in [6.45, 7) is 5.36. The van der Waals surface area contributed by atoms with Gasteiger partial charge in [-0.15, -0.1) is 0 Å². The molecule has 0 spiro atoms. The summed E-state index contributed by atoms with van der Waals surface area (Å²) in [6, 6.07) is 4.22. The lowest BCUT2D eigenvalue weighted by atomic mass is 9.91. The van der Waals surface area contributed by atoms with Gasteiger partial charge in [-0.2, -0.15) is 0 Å². The minimum absolute atomic E-state index is 0.118. The minimum Gasteiger partial charge on any atom is -0.338 e. The van der Waals surface area contributed by atoms with Crippen LogP contribution in [0, 0.1) is 17.8 Å². The SMILES string of the molecule is O=C(NCC[C@@H]1C[C@@H]2C=C[C@H]1C2)N1CCCN(Cc2cccnc2)CC1. The molecular weight excluding hydrogens is 324 g/mol. The molecule has 1 saturated carbocycles. The second-order valence-electron chi connectivity index (χ2n) is 8.04. The summed E-state index contributed by atoms with van der Waals surface area (Å²) in [6.07, 6.45) is 13.3. The van der Waals surface area contributed by atoms with Crippen molar-refractivity contribution in [3.8, 4) is 0 Å². The molecule has 1 saturated heterocycles. The first-order valence-electron chi connectivity index (χ1n) is 10.1. The maximum absolute atomic E-state index is 12.5. The number of amides is 2. The lowest BCUT2D eigenvalue weighted by molar-refractivity contribution is 0.196. The zero-order chi connectivity index (χ0) is 17.8. The molecule has 5 heteroatoms. The maximum atomic E-state index is 12.5. The van der Waals surface area contributed by atoms with Gasteiger partial charge in [-0.25, -0.2) is 4.79 Å². The predicted molar refractivity (Wildman–Crippen MR) is 103 cm³/mol. The minimum atomic E-state index is 0.118. The van der Waals surface area contributed by atoms with Crippen molar-refractivity contribution in [1.82, 2.24) is 20.1 Å². The highest BCUT2D eigenvalue weighted by Gasteiger charge is 2.35. The monoisotopic (exact) mass is 354 g/mol. The molecule has 4 rings (SSSR count). The van der Waals surface area contributed by atoms with E-state index in [1.54, 1.807) is 0 Å². The lowest BCUT2D eigenvalue weighted by Gasteiger charge is -2.23. The average molecular weight is 354 g/mol. The molecule has 0 aromatic carbocycles. The predicted octanol–water partition coefficient (Wildman–Crippen LogP) is 2.90. The van der Waals surface area contributed by atoms with Gasteiger partial charge in [0.15, 0.2) is 0 Å². The molecule has 1 N–H and O–H groups in total. The second-order valence-corrected chi connectivity index (χ2v) is 8.04. The van der Waals surface area contributed by atoms with E-state index < -0.39 is 0 Å². The number of hydrogen-bond acceptors (Lipinski definition) is 3. The van der Waals surface area contributed by atoms with Crippen molar-refractivity contribution in [2.45, 2.75) is 32.2 Å². The molecule has 0 radical (unpaired) electrons.